The zero-order valence-electron chi connectivity index (χ0n) is 10.9. The molecule has 1 aromatic carbocycles. The van der Waals surface area contributed by atoms with Gasteiger partial charge in [0.1, 0.15) is 5.76 Å². The molecule has 1 N–H and O–H groups in total. The average molecular weight is 379 g/mol. The lowest BCUT2D eigenvalue weighted by Crippen LogP contribution is -2.15. The second kappa shape index (κ2) is 5.85. The number of furan rings is 1. The lowest BCUT2D eigenvalue weighted by molar-refractivity contribution is 0.183. The van der Waals surface area contributed by atoms with E-state index in [2.05, 4.69) is 21.2 Å². The molecule has 0 aliphatic heterocycles. The van der Waals surface area contributed by atoms with Crippen LogP contribution in [0.15, 0.2) is 15.0 Å². The van der Waals surface area contributed by atoms with Crippen molar-refractivity contribution in [2.75, 3.05) is 7.11 Å². The highest BCUT2D eigenvalue weighted by molar-refractivity contribution is 9.10. The Morgan fingerprint density at radius 2 is 2.20 bits per heavy atom. The molecule has 0 saturated heterocycles. The number of ether oxygens (including phenoxy) is 1. The molecule has 2 aromatic rings. The van der Waals surface area contributed by atoms with E-state index in [-0.39, 0.29) is 0 Å². The SMILES string of the molecule is COCc1c(CNC2CC2)oc2c(Cl)cc(Br)c(Cl)c12. The number of hydrogen-bond acceptors (Lipinski definition) is 3. The van der Waals surface area contributed by atoms with E-state index in [4.69, 9.17) is 32.4 Å². The summed E-state index contributed by atoms with van der Waals surface area (Å²) < 4.78 is 12.0. The van der Waals surface area contributed by atoms with Gasteiger partial charge in [-0.1, -0.05) is 23.2 Å². The zero-order chi connectivity index (χ0) is 14.3. The van der Waals surface area contributed by atoms with Crippen LogP contribution < -0.4 is 5.32 Å². The topological polar surface area (TPSA) is 34.4 Å². The Hall–Kier alpha value is -0.260. The zero-order valence-corrected chi connectivity index (χ0v) is 14.0. The molecule has 0 amide bonds. The predicted molar refractivity (Wildman–Crippen MR) is 84.5 cm³/mol. The van der Waals surface area contributed by atoms with Crippen LogP contribution in [0.1, 0.15) is 24.2 Å². The van der Waals surface area contributed by atoms with E-state index in [0.29, 0.717) is 34.8 Å². The maximum Gasteiger partial charge on any atom is 0.154 e. The van der Waals surface area contributed by atoms with E-state index in [1.807, 2.05) is 0 Å². The van der Waals surface area contributed by atoms with Crippen LogP contribution in [-0.2, 0) is 17.9 Å². The van der Waals surface area contributed by atoms with Crippen LogP contribution in [0, 0.1) is 0 Å². The van der Waals surface area contributed by atoms with Crippen molar-refractivity contribution in [2.45, 2.75) is 32.0 Å². The molecule has 0 radical (unpaired) electrons. The van der Waals surface area contributed by atoms with Crippen LogP contribution in [0.4, 0.5) is 0 Å². The fourth-order valence-corrected chi connectivity index (χ4v) is 3.29. The van der Waals surface area contributed by atoms with Gasteiger partial charge in [0.25, 0.3) is 0 Å². The number of fused-ring (bicyclic) bond motifs is 1. The Kier molecular flexibility index (Phi) is 4.29. The average Bonchev–Trinajstić information content (AvgIpc) is 3.17. The number of methoxy groups -OCH3 is 1. The van der Waals surface area contributed by atoms with Gasteiger partial charge in [-0.2, -0.15) is 0 Å². The van der Waals surface area contributed by atoms with Crippen molar-refractivity contribution in [3.05, 3.63) is 31.9 Å². The Bertz CT molecular complexity index is 652. The minimum Gasteiger partial charge on any atom is -0.458 e. The smallest absolute Gasteiger partial charge is 0.154 e. The molecule has 1 aromatic heterocycles. The summed E-state index contributed by atoms with van der Waals surface area (Å²) in [5, 5.41) is 5.43. The lowest BCUT2D eigenvalue weighted by atomic mass is 10.1. The number of nitrogens with one attached hydrogen (secondary N) is 1. The first-order chi connectivity index (χ1) is 9.61. The molecule has 3 nitrogen and oxygen atoms in total. The third-order valence-electron chi connectivity index (χ3n) is 3.41. The van der Waals surface area contributed by atoms with E-state index in [1.165, 1.54) is 12.8 Å². The van der Waals surface area contributed by atoms with Gasteiger partial charge in [-0.3, -0.25) is 0 Å². The lowest BCUT2D eigenvalue weighted by Gasteiger charge is -2.04. The molecule has 1 heterocycles. The molecular formula is C14H14BrCl2NO2. The number of hydrogen-bond donors (Lipinski definition) is 1. The van der Waals surface area contributed by atoms with Crippen molar-refractivity contribution in [3.8, 4) is 0 Å². The van der Waals surface area contributed by atoms with Gasteiger partial charge in [0, 0.05) is 28.6 Å². The van der Waals surface area contributed by atoms with Crippen molar-refractivity contribution < 1.29 is 9.15 Å². The molecule has 1 saturated carbocycles. The molecule has 0 bridgehead atoms. The van der Waals surface area contributed by atoms with E-state index in [0.717, 1.165) is 21.2 Å². The summed E-state index contributed by atoms with van der Waals surface area (Å²) in [4.78, 5) is 0. The van der Waals surface area contributed by atoms with Crippen LogP contribution in [0.5, 0.6) is 0 Å². The Balaban J connectivity index is 2.10. The van der Waals surface area contributed by atoms with Gasteiger partial charge in [-0.25, -0.2) is 0 Å². The van der Waals surface area contributed by atoms with Gasteiger partial charge < -0.3 is 14.5 Å². The van der Waals surface area contributed by atoms with E-state index in [9.17, 15) is 0 Å². The number of halogens is 3. The van der Waals surface area contributed by atoms with Gasteiger partial charge >= 0.3 is 0 Å². The van der Waals surface area contributed by atoms with Gasteiger partial charge in [0.15, 0.2) is 5.58 Å². The number of rotatable bonds is 5. The number of benzene rings is 1. The summed E-state index contributed by atoms with van der Waals surface area (Å²) in [6, 6.07) is 2.36. The Labute approximate surface area is 135 Å². The quantitative estimate of drug-likeness (QED) is 0.751. The first-order valence-electron chi connectivity index (χ1n) is 6.42. The molecule has 1 aliphatic rings. The molecule has 3 rings (SSSR count). The van der Waals surface area contributed by atoms with Crippen LogP contribution >= 0.6 is 39.1 Å². The van der Waals surface area contributed by atoms with Crippen LogP contribution in [0.3, 0.4) is 0 Å². The van der Waals surface area contributed by atoms with Crippen molar-refractivity contribution >= 4 is 50.1 Å². The molecule has 0 atom stereocenters. The summed E-state index contributed by atoms with van der Waals surface area (Å²) in [6.07, 6.45) is 2.46. The summed E-state index contributed by atoms with van der Waals surface area (Å²) in [5.74, 6) is 0.843. The minimum atomic E-state index is 0.446. The van der Waals surface area contributed by atoms with Gasteiger partial charge in [0.05, 0.1) is 23.2 Å². The molecule has 0 unspecified atom stereocenters. The molecule has 108 valence electrons. The fraction of sp³-hybridized carbons (Fsp3) is 0.429. The standard InChI is InChI=1S/C14H14BrCl2NO2/c1-19-6-8-11(5-18-7-2-3-7)20-14-10(16)4-9(15)13(17)12(8)14/h4,7,18H,2-3,5-6H2,1H3. The summed E-state index contributed by atoms with van der Waals surface area (Å²) in [7, 11) is 1.66. The maximum atomic E-state index is 6.39. The highest BCUT2D eigenvalue weighted by atomic mass is 79.9. The van der Waals surface area contributed by atoms with Crippen molar-refractivity contribution in [1.29, 1.82) is 0 Å². The first-order valence-corrected chi connectivity index (χ1v) is 7.96. The van der Waals surface area contributed by atoms with Crippen LogP contribution in [-0.4, -0.2) is 13.2 Å². The normalized spacial score (nSPS) is 15.2. The van der Waals surface area contributed by atoms with E-state index in [1.54, 1.807) is 13.2 Å². The molecule has 1 aliphatic carbocycles. The Morgan fingerprint density at radius 1 is 1.45 bits per heavy atom. The third kappa shape index (κ3) is 2.72. The van der Waals surface area contributed by atoms with E-state index >= 15 is 0 Å². The largest absolute Gasteiger partial charge is 0.458 e. The first kappa shape index (κ1) is 14.7. The third-order valence-corrected chi connectivity index (χ3v) is 4.93. The maximum absolute atomic E-state index is 6.39. The molecule has 20 heavy (non-hydrogen) atoms. The highest BCUT2D eigenvalue weighted by Gasteiger charge is 2.24. The van der Waals surface area contributed by atoms with Gasteiger partial charge in [-0.05, 0) is 34.8 Å². The second-order valence-electron chi connectivity index (χ2n) is 4.95. The van der Waals surface area contributed by atoms with Crippen molar-refractivity contribution in [3.63, 3.8) is 0 Å². The van der Waals surface area contributed by atoms with Gasteiger partial charge in [-0.15, -0.1) is 0 Å². The Morgan fingerprint density at radius 3 is 2.85 bits per heavy atom. The second-order valence-corrected chi connectivity index (χ2v) is 6.59. The monoisotopic (exact) mass is 377 g/mol. The fourth-order valence-electron chi connectivity index (χ4n) is 2.24. The van der Waals surface area contributed by atoms with Gasteiger partial charge in [0.2, 0.25) is 0 Å². The van der Waals surface area contributed by atoms with Crippen LogP contribution in [0.25, 0.3) is 11.0 Å². The molecule has 1 fully saturated rings. The van der Waals surface area contributed by atoms with Crippen molar-refractivity contribution in [2.24, 2.45) is 0 Å². The highest BCUT2D eigenvalue weighted by Crippen LogP contribution is 2.41. The summed E-state index contributed by atoms with van der Waals surface area (Å²) >= 11 is 16.1. The summed E-state index contributed by atoms with van der Waals surface area (Å²) in [6.45, 7) is 1.11. The van der Waals surface area contributed by atoms with E-state index < -0.39 is 0 Å². The molecule has 6 heteroatoms. The van der Waals surface area contributed by atoms with Crippen molar-refractivity contribution in [1.82, 2.24) is 5.32 Å². The molecular weight excluding hydrogens is 365 g/mol. The summed E-state index contributed by atoms with van der Waals surface area (Å²) in [5.41, 5.74) is 1.59. The van der Waals surface area contributed by atoms with Crippen LogP contribution in [0.2, 0.25) is 10.0 Å². The predicted octanol–water partition coefficient (Wildman–Crippen LogP) is 4.90. The molecule has 0 spiro atoms. The minimum absolute atomic E-state index is 0.446.